The van der Waals surface area contributed by atoms with Gasteiger partial charge in [-0.1, -0.05) is 24.3 Å². The van der Waals surface area contributed by atoms with Crippen LogP contribution in [0.2, 0.25) is 0 Å². The highest BCUT2D eigenvalue weighted by atomic mass is 16.4. The number of aromatic hydroxyl groups is 1. The fraction of sp³-hybridized carbons (Fsp3) is 0.0476. The summed E-state index contributed by atoms with van der Waals surface area (Å²) in [5.74, 6) is -0.545. The molecule has 0 spiro atoms. The molecule has 4 rings (SSSR count). The van der Waals surface area contributed by atoms with Crippen LogP contribution in [0, 0.1) is 0 Å². The molecule has 0 atom stereocenters. The Balaban J connectivity index is 1.65. The fourth-order valence-corrected chi connectivity index (χ4v) is 3.09. The summed E-state index contributed by atoms with van der Waals surface area (Å²) < 4.78 is 5.75. The van der Waals surface area contributed by atoms with Gasteiger partial charge >= 0.3 is 5.97 Å². The van der Waals surface area contributed by atoms with Crippen LogP contribution in [0.4, 0.5) is 0 Å². The van der Waals surface area contributed by atoms with E-state index in [1.165, 1.54) is 12.1 Å². The maximum absolute atomic E-state index is 12.4. The number of hydrogen-bond acceptors (Lipinski definition) is 4. The van der Waals surface area contributed by atoms with Crippen LogP contribution in [0.3, 0.4) is 0 Å². The molecule has 2 aromatic carbocycles. The molecule has 26 heavy (non-hydrogen) atoms. The summed E-state index contributed by atoms with van der Waals surface area (Å²) in [5, 5.41) is 18.7. The number of benzene rings is 2. The molecule has 0 radical (unpaired) electrons. The van der Waals surface area contributed by atoms with Crippen molar-refractivity contribution in [2.24, 2.45) is 0 Å². The molecule has 0 bridgehead atoms. The van der Waals surface area contributed by atoms with Crippen LogP contribution in [0.5, 0.6) is 5.75 Å². The number of carboxylic acid groups (broad SMARTS) is 1. The molecule has 3 aromatic rings. The Kier molecular flexibility index (Phi) is 3.69. The fourth-order valence-electron chi connectivity index (χ4n) is 3.09. The second-order valence-electron chi connectivity index (χ2n) is 6.07. The topological polar surface area (TPSA) is 87.7 Å². The lowest BCUT2D eigenvalue weighted by Gasteiger charge is -2.02. The van der Waals surface area contributed by atoms with Gasteiger partial charge in [0.1, 0.15) is 22.8 Å². The molecule has 0 saturated heterocycles. The number of carboxylic acids is 1. The predicted octanol–water partition coefficient (Wildman–Crippen LogP) is 4.17. The van der Waals surface area contributed by atoms with Gasteiger partial charge in [0.15, 0.2) is 5.78 Å². The minimum absolute atomic E-state index is 0.00338. The summed E-state index contributed by atoms with van der Waals surface area (Å²) in [7, 11) is 0. The third-order valence-corrected chi connectivity index (χ3v) is 4.39. The van der Waals surface area contributed by atoms with E-state index in [4.69, 9.17) is 9.52 Å². The Morgan fingerprint density at radius 2 is 1.88 bits per heavy atom. The van der Waals surface area contributed by atoms with E-state index < -0.39 is 5.97 Å². The molecular weight excluding hydrogens is 332 g/mol. The molecule has 5 nitrogen and oxygen atoms in total. The number of allylic oxidation sites excluding steroid dienone is 1. The van der Waals surface area contributed by atoms with Crippen molar-refractivity contribution in [3.63, 3.8) is 0 Å². The van der Waals surface area contributed by atoms with Gasteiger partial charge in [-0.05, 0) is 42.0 Å². The number of phenols is 1. The van der Waals surface area contributed by atoms with Crippen molar-refractivity contribution in [2.75, 3.05) is 0 Å². The first-order chi connectivity index (χ1) is 12.5. The molecule has 0 unspecified atom stereocenters. The summed E-state index contributed by atoms with van der Waals surface area (Å²) in [6, 6.07) is 15.2. The number of Topliss-reactive ketones (excluding diaryl/α,β-unsaturated/α-hetero) is 1. The number of hydrogen-bond donors (Lipinski definition) is 2. The molecule has 1 aliphatic carbocycles. The van der Waals surface area contributed by atoms with Crippen molar-refractivity contribution in [2.45, 2.75) is 6.42 Å². The number of furan rings is 1. The zero-order valence-corrected chi connectivity index (χ0v) is 13.6. The highest BCUT2D eigenvalue weighted by Gasteiger charge is 2.24. The van der Waals surface area contributed by atoms with E-state index in [9.17, 15) is 14.7 Å². The Labute approximate surface area is 148 Å². The van der Waals surface area contributed by atoms with Crippen molar-refractivity contribution < 1.29 is 24.2 Å². The standard InChI is InChI=1S/C21H14O5/c22-18-7-5-13(11-17(18)21(24)25)19-8-6-15(26-19)10-14-9-12-3-1-2-4-16(12)20(14)23/h1-8,10-11,22H,9H2,(H,24,25)/b14-10+. The van der Waals surface area contributed by atoms with Crippen LogP contribution >= 0.6 is 0 Å². The van der Waals surface area contributed by atoms with E-state index in [-0.39, 0.29) is 17.1 Å². The van der Waals surface area contributed by atoms with E-state index in [0.717, 1.165) is 11.1 Å². The molecule has 1 aliphatic rings. The van der Waals surface area contributed by atoms with Crippen LogP contribution in [0.1, 0.15) is 32.0 Å². The van der Waals surface area contributed by atoms with Gasteiger partial charge in [0.2, 0.25) is 0 Å². The lowest BCUT2D eigenvalue weighted by Crippen LogP contribution is -1.96. The highest BCUT2D eigenvalue weighted by molar-refractivity contribution is 6.15. The third-order valence-electron chi connectivity index (χ3n) is 4.39. The number of ketones is 1. The van der Waals surface area contributed by atoms with E-state index in [2.05, 4.69) is 0 Å². The number of carbonyl (C=O) groups is 2. The zero-order chi connectivity index (χ0) is 18.3. The highest BCUT2D eigenvalue weighted by Crippen LogP contribution is 2.31. The molecule has 0 aliphatic heterocycles. The van der Waals surface area contributed by atoms with E-state index in [1.54, 1.807) is 24.3 Å². The van der Waals surface area contributed by atoms with Gasteiger partial charge in [0.05, 0.1) is 0 Å². The minimum Gasteiger partial charge on any atom is -0.507 e. The zero-order valence-electron chi connectivity index (χ0n) is 13.6. The Morgan fingerprint density at radius 1 is 1.08 bits per heavy atom. The summed E-state index contributed by atoms with van der Waals surface area (Å²) in [6.45, 7) is 0. The Bertz CT molecular complexity index is 1070. The van der Waals surface area contributed by atoms with Crippen LogP contribution in [0.25, 0.3) is 17.4 Å². The lowest BCUT2D eigenvalue weighted by atomic mass is 10.1. The summed E-state index contributed by atoms with van der Waals surface area (Å²) in [6.07, 6.45) is 2.28. The molecule has 128 valence electrons. The first-order valence-corrected chi connectivity index (χ1v) is 8.02. The number of aromatic carboxylic acids is 1. The van der Waals surface area contributed by atoms with Crippen molar-refractivity contribution in [1.82, 2.24) is 0 Å². The van der Waals surface area contributed by atoms with Gasteiger partial charge in [0, 0.05) is 23.1 Å². The molecule has 0 saturated carbocycles. The van der Waals surface area contributed by atoms with Crippen LogP contribution in [0.15, 0.2) is 64.6 Å². The van der Waals surface area contributed by atoms with Gasteiger partial charge in [-0.25, -0.2) is 4.79 Å². The van der Waals surface area contributed by atoms with Gasteiger partial charge in [-0.2, -0.15) is 0 Å². The Hall–Kier alpha value is -3.60. The molecule has 0 amide bonds. The van der Waals surface area contributed by atoms with Crippen molar-refractivity contribution in [1.29, 1.82) is 0 Å². The van der Waals surface area contributed by atoms with Gasteiger partial charge in [-0.15, -0.1) is 0 Å². The van der Waals surface area contributed by atoms with E-state index in [1.807, 2.05) is 24.3 Å². The maximum Gasteiger partial charge on any atom is 0.339 e. The molecule has 2 N–H and O–H groups in total. The summed E-state index contributed by atoms with van der Waals surface area (Å²) in [4.78, 5) is 23.6. The monoisotopic (exact) mass is 346 g/mol. The largest absolute Gasteiger partial charge is 0.507 e. The predicted molar refractivity (Wildman–Crippen MR) is 95.2 cm³/mol. The molecule has 0 fully saturated rings. The minimum atomic E-state index is -1.22. The normalized spacial score (nSPS) is 14.6. The molecule has 5 heteroatoms. The van der Waals surface area contributed by atoms with Crippen molar-refractivity contribution >= 4 is 17.8 Å². The third kappa shape index (κ3) is 2.69. The van der Waals surface area contributed by atoms with E-state index >= 15 is 0 Å². The van der Waals surface area contributed by atoms with Crippen LogP contribution in [-0.4, -0.2) is 22.0 Å². The quantitative estimate of drug-likeness (QED) is 0.695. The second-order valence-corrected chi connectivity index (χ2v) is 6.07. The summed E-state index contributed by atoms with van der Waals surface area (Å²) >= 11 is 0. The maximum atomic E-state index is 12.4. The van der Waals surface area contributed by atoms with E-state index in [0.29, 0.717) is 29.1 Å². The van der Waals surface area contributed by atoms with Crippen LogP contribution in [-0.2, 0) is 6.42 Å². The number of carbonyl (C=O) groups excluding carboxylic acids is 1. The first kappa shape index (κ1) is 15.9. The lowest BCUT2D eigenvalue weighted by molar-refractivity contribution is 0.0693. The smallest absolute Gasteiger partial charge is 0.339 e. The average molecular weight is 346 g/mol. The molecule has 1 aromatic heterocycles. The van der Waals surface area contributed by atoms with Gasteiger partial charge in [-0.3, -0.25) is 4.79 Å². The number of fused-ring (bicyclic) bond motifs is 1. The Morgan fingerprint density at radius 3 is 2.65 bits per heavy atom. The molecule has 1 heterocycles. The van der Waals surface area contributed by atoms with Gasteiger partial charge in [0.25, 0.3) is 0 Å². The van der Waals surface area contributed by atoms with Crippen molar-refractivity contribution in [3.8, 4) is 17.1 Å². The first-order valence-electron chi connectivity index (χ1n) is 8.02. The summed E-state index contributed by atoms with van der Waals surface area (Å²) in [5.41, 5.74) is 2.71. The second kappa shape index (κ2) is 6.04. The van der Waals surface area contributed by atoms with Crippen molar-refractivity contribution in [3.05, 3.63) is 82.6 Å². The van der Waals surface area contributed by atoms with Crippen LogP contribution < -0.4 is 0 Å². The average Bonchev–Trinajstić information content (AvgIpc) is 3.21. The van der Waals surface area contributed by atoms with Gasteiger partial charge < -0.3 is 14.6 Å². The number of rotatable bonds is 3. The molecular formula is C21H14O5. The SMILES string of the molecule is O=C(O)c1cc(-c2ccc(/C=C3\Cc4ccccc4C3=O)o2)ccc1O.